The van der Waals surface area contributed by atoms with Gasteiger partial charge < -0.3 is 9.88 Å². The maximum atomic E-state index is 13.8. The summed E-state index contributed by atoms with van der Waals surface area (Å²) < 4.78 is 31.3. The molecule has 32 heavy (non-hydrogen) atoms. The molecule has 1 unspecified atom stereocenters. The van der Waals surface area contributed by atoms with E-state index in [0.29, 0.717) is 30.5 Å². The van der Waals surface area contributed by atoms with Crippen LogP contribution in [-0.4, -0.2) is 37.2 Å². The molecule has 1 N–H and O–H groups in total. The molecule has 1 saturated carbocycles. The van der Waals surface area contributed by atoms with Crippen molar-refractivity contribution in [2.75, 3.05) is 0 Å². The number of carbonyl (C=O) groups is 1. The fraction of sp³-hybridized carbons (Fsp3) is 0.292. The van der Waals surface area contributed by atoms with Gasteiger partial charge in [-0.3, -0.25) is 9.78 Å². The summed E-state index contributed by atoms with van der Waals surface area (Å²) in [5, 5.41) is 7.03. The highest BCUT2D eigenvalue weighted by Crippen LogP contribution is 2.33. The fourth-order valence-electron chi connectivity index (χ4n) is 4.35. The van der Waals surface area contributed by atoms with Crippen LogP contribution in [0.1, 0.15) is 41.6 Å². The van der Waals surface area contributed by atoms with Gasteiger partial charge in [0.25, 0.3) is 5.91 Å². The first-order valence-electron chi connectivity index (χ1n) is 10.7. The van der Waals surface area contributed by atoms with Crippen LogP contribution in [0.25, 0.3) is 16.7 Å². The van der Waals surface area contributed by atoms with Crippen LogP contribution < -0.4 is 5.32 Å². The molecule has 1 aliphatic rings. The zero-order valence-corrected chi connectivity index (χ0v) is 17.4. The molecule has 164 valence electrons. The molecule has 4 aromatic rings. The Morgan fingerprint density at radius 1 is 1.16 bits per heavy atom. The number of halogens is 2. The van der Waals surface area contributed by atoms with Crippen LogP contribution in [0.4, 0.5) is 8.78 Å². The van der Waals surface area contributed by atoms with Gasteiger partial charge in [0.1, 0.15) is 5.52 Å². The van der Waals surface area contributed by atoms with Crippen LogP contribution in [0, 0.1) is 0 Å². The summed E-state index contributed by atoms with van der Waals surface area (Å²) in [6, 6.07) is 13.1. The van der Waals surface area contributed by atoms with Crippen LogP contribution in [-0.2, 0) is 6.54 Å². The van der Waals surface area contributed by atoms with Crippen molar-refractivity contribution >= 4 is 16.9 Å². The highest BCUT2D eigenvalue weighted by molar-refractivity contribution is 6.05. The van der Waals surface area contributed by atoms with E-state index in [-0.39, 0.29) is 18.7 Å². The van der Waals surface area contributed by atoms with Crippen LogP contribution in [0.3, 0.4) is 0 Å². The summed E-state index contributed by atoms with van der Waals surface area (Å²) in [6.45, 7) is 0.552. The number of hydrogen-bond acceptors (Lipinski definition) is 3. The monoisotopic (exact) mass is 435 g/mol. The summed E-state index contributed by atoms with van der Waals surface area (Å²) in [4.78, 5) is 17.4. The van der Waals surface area contributed by atoms with E-state index in [1.807, 2.05) is 53.2 Å². The van der Waals surface area contributed by atoms with Crippen molar-refractivity contribution in [1.82, 2.24) is 24.6 Å². The minimum atomic E-state index is -2.72. The van der Waals surface area contributed by atoms with Crippen molar-refractivity contribution in [3.63, 3.8) is 0 Å². The first-order chi connectivity index (χ1) is 15.5. The lowest BCUT2D eigenvalue weighted by atomic mass is 9.92. The molecule has 6 nitrogen and oxygen atoms in total. The Morgan fingerprint density at radius 3 is 2.75 bits per heavy atom. The van der Waals surface area contributed by atoms with Gasteiger partial charge in [0, 0.05) is 50.2 Å². The normalized spacial score (nSPS) is 18.0. The number of alkyl halides is 2. The van der Waals surface area contributed by atoms with Crippen molar-refractivity contribution in [2.45, 2.75) is 44.2 Å². The van der Waals surface area contributed by atoms with Crippen molar-refractivity contribution < 1.29 is 13.6 Å². The van der Waals surface area contributed by atoms with Gasteiger partial charge in [0.15, 0.2) is 0 Å². The standard InChI is InChI=1S/C24H23F2N5O/c25-24(26)10-1-4-18(14-24)29-23(32)20-16-30(21-5-2-11-27-22(20)21)15-17-6-8-19(9-7-17)31-13-3-12-28-31/h2-3,5-9,11-13,16,18H,1,4,10,14-15H2,(H,29,32). The molecule has 3 heterocycles. The summed E-state index contributed by atoms with van der Waals surface area (Å²) >= 11 is 0. The van der Waals surface area contributed by atoms with E-state index in [0.717, 1.165) is 16.8 Å². The van der Waals surface area contributed by atoms with Crippen LogP contribution in [0.15, 0.2) is 67.3 Å². The lowest BCUT2D eigenvalue weighted by Gasteiger charge is -2.29. The van der Waals surface area contributed by atoms with Crippen molar-refractivity contribution in [1.29, 1.82) is 0 Å². The second-order valence-corrected chi connectivity index (χ2v) is 8.28. The zero-order chi connectivity index (χ0) is 22.1. The van der Waals surface area contributed by atoms with E-state index >= 15 is 0 Å². The van der Waals surface area contributed by atoms with E-state index < -0.39 is 12.0 Å². The van der Waals surface area contributed by atoms with Crippen LogP contribution >= 0.6 is 0 Å². The number of fused-ring (bicyclic) bond motifs is 1. The van der Waals surface area contributed by atoms with E-state index in [9.17, 15) is 13.6 Å². The van der Waals surface area contributed by atoms with Crippen LogP contribution in [0.2, 0.25) is 0 Å². The molecule has 3 aromatic heterocycles. The van der Waals surface area contributed by atoms with Gasteiger partial charge >= 0.3 is 0 Å². The van der Waals surface area contributed by atoms with E-state index in [1.54, 1.807) is 23.3 Å². The molecule has 0 saturated heterocycles. The van der Waals surface area contributed by atoms with Gasteiger partial charge in [0.05, 0.1) is 16.8 Å². The van der Waals surface area contributed by atoms with E-state index in [4.69, 9.17) is 0 Å². The summed E-state index contributed by atoms with van der Waals surface area (Å²) in [5.74, 6) is -3.07. The predicted molar refractivity (Wildman–Crippen MR) is 117 cm³/mol. The molecule has 5 rings (SSSR count). The molecule has 1 aromatic carbocycles. The van der Waals surface area contributed by atoms with Gasteiger partial charge in [-0.05, 0) is 48.7 Å². The smallest absolute Gasteiger partial charge is 0.255 e. The number of rotatable bonds is 5. The molecule has 0 radical (unpaired) electrons. The van der Waals surface area contributed by atoms with E-state index in [2.05, 4.69) is 15.4 Å². The molecule has 0 spiro atoms. The number of amides is 1. The number of carbonyl (C=O) groups excluding carboxylic acids is 1. The van der Waals surface area contributed by atoms with Gasteiger partial charge in [-0.15, -0.1) is 0 Å². The Morgan fingerprint density at radius 2 is 2.00 bits per heavy atom. The largest absolute Gasteiger partial charge is 0.349 e. The Kier molecular flexibility index (Phi) is 5.20. The number of aromatic nitrogens is 4. The molecule has 1 amide bonds. The minimum absolute atomic E-state index is 0.112. The lowest BCUT2D eigenvalue weighted by Crippen LogP contribution is -2.42. The molecule has 1 aliphatic carbocycles. The molecule has 0 bridgehead atoms. The third kappa shape index (κ3) is 4.12. The minimum Gasteiger partial charge on any atom is -0.349 e. The summed E-state index contributed by atoms with van der Waals surface area (Å²) in [5.41, 5.74) is 3.81. The maximum Gasteiger partial charge on any atom is 0.255 e. The third-order valence-corrected chi connectivity index (χ3v) is 5.91. The SMILES string of the molecule is O=C(NC1CCCC(F)(F)C1)c1cn(Cc2ccc(-n3cccn3)cc2)c2cccnc12. The Bertz CT molecular complexity index is 1230. The Labute approximate surface area is 183 Å². The van der Waals surface area contributed by atoms with Crippen molar-refractivity contribution in [3.05, 3.63) is 78.4 Å². The number of nitrogens with zero attached hydrogens (tertiary/aromatic N) is 4. The number of benzene rings is 1. The second-order valence-electron chi connectivity index (χ2n) is 8.28. The number of nitrogens with one attached hydrogen (secondary N) is 1. The Balaban J connectivity index is 1.38. The first kappa shape index (κ1) is 20.4. The molecule has 0 aliphatic heterocycles. The maximum absolute atomic E-state index is 13.8. The number of hydrogen-bond donors (Lipinski definition) is 1. The summed E-state index contributed by atoms with van der Waals surface area (Å²) in [7, 11) is 0. The van der Waals surface area contributed by atoms with E-state index in [1.165, 1.54) is 0 Å². The predicted octanol–water partition coefficient (Wildman–Crippen LogP) is 4.58. The first-order valence-corrected chi connectivity index (χ1v) is 10.7. The van der Waals surface area contributed by atoms with Gasteiger partial charge in [-0.25, -0.2) is 13.5 Å². The fourth-order valence-corrected chi connectivity index (χ4v) is 4.35. The zero-order valence-electron chi connectivity index (χ0n) is 17.4. The molecule has 1 fully saturated rings. The highest BCUT2D eigenvalue weighted by Gasteiger charge is 2.37. The van der Waals surface area contributed by atoms with Gasteiger partial charge in [0.2, 0.25) is 5.92 Å². The quantitative estimate of drug-likeness (QED) is 0.499. The average molecular weight is 435 g/mol. The van der Waals surface area contributed by atoms with Crippen molar-refractivity contribution in [2.24, 2.45) is 0 Å². The van der Waals surface area contributed by atoms with Crippen molar-refractivity contribution in [3.8, 4) is 5.69 Å². The molecular formula is C24H23F2N5O. The highest BCUT2D eigenvalue weighted by atomic mass is 19.3. The average Bonchev–Trinajstić information content (AvgIpc) is 3.43. The topological polar surface area (TPSA) is 64.7 Å². The second kappa shape index (κ2) is 8.18. The van der Waals surface area contributed by atoms with Gasteiger partial charge in [-0.2, -0.15) is 5.10 Å². The number of pyridine rings is 1. The van der Waals surface area contributed by atoms with Crippen LogP contribution in [0.5, 0.6) is 0 Å². The molecule has 8 heteroatoms. The molecule has 1 atom stereocenters. The molecular weight excluding hydrogens is 412 g/mol. The lowest BCUT2D eigenvalue weighted by molar-refractivity contribution is -0.0429. The Hall–Kier alpha value is -3.55. The van der Waals surface area contributed by atoms with Gasteiger partial charge in [-0.1, -0.05) is 12.1 Å². The third-order valence-electron chi connectivity index (χ3n) is 5.91. The summed E-state index contributed by atoms with van der Waals surface area (Å²) in [6.07, 6.45) is 7.56.